The number of benzene rings is 1. The minimum Gasteiger partial charge on any atom is -0.342 e. The van der Waals surface area contributed by atoms with Gasteiger partial charge < -0.3 is 9.88 Å². The summed E-state index contributed by atoms with van der Waals surface area (Å²) < 4.78 is 41.8. The van der Waals surface area contributed by atoms with E-state index in [1.54, 1.807) is 14.0 Å². The molecule has 0 saturated heterocycles. The van der Waals surface area contributed by atoms with Gasteiger partial charge in [0.1, 0.15) is 6.33 Å². The molecule has 3 aromatic heterocycles. The lowest BCUT2D eigenvalue weighted by Gasteiger charge is -2.15. The Morgan fingerprint density at radius 1 is 1.15 bits per heavy atom. The molecule has 1 N–H and O–H groups in total. The molecule has 4 aromatic rings. The maximum atomic E-state index is 13.1. The molecular weight excluding hydrogens is 463 g/mol. The second-order valence-electron chi connectivity index (χ2n) is 7.17. The largest absolute Gasteiger partial charge is 0.416 e. The van der Waals surface area contributed by atoms with E-state index in [0.29, 0.717) is 17.0 Å². The molecule has 0 saturated carbocycles. The Morgan fingerprint density at radius 2 is 1.91 bits per heavy atom. The molecule has 0 radical (unpaired) electrons. The lowest BCUT2D eigenvalue weighted by atomic mass is 10.1. The summed E-state index contributed by atoms with van der Waals surface area (Å²) in [6, 6.07) is 3.30. The third-order valence-electron chi connectivity index (χ3n) is 4.80. The van der Waals surface area contributed by atoms with E-state index in [9.17, 15) is 22.8 Å². The summed E-state index contributed by atoms with van der Waals surface area (Å²) in [7, 11) is 1.56. The number of carbonyl (C=O) groups is 1. The summed E-state index contributed by atoms with van der Waals surface area (Å²) >= 11 is 5.77. The summed E-state index contributed by atoms with van der Waals surface area (Å²) in [5.41, 5.74) is -1.18. The molecule has 0 spiro atoms. The van der Waals surface area contributed by atoms with Gasteiger partial charge in [0.05, 0.1) is 35.0 Å². The molecule has 170 valence electrons. The van der Waals surface area contributed by atoms with Crippen molar-refractivity contribution in [1.82, 2.24) is 34.6 Å². The van der Waals surface area contributed by atoms with E-state index >= 15 is 0 Å². The van der Waals surface area contributed by atoms with Crippen LogP contribution in [0.2, 0.25) is 5.02 Å². The molecule has 0 aliphatic heterocycles. The van der Waals surface area contributed by atoms with Crippen molar-refractivity contribution in [2.45, 2.75) is 19.1 Å². The quantitative estimate of drug-likeness (QED) is 0.484. The number of fused-ring (bicyclic) bond motifs is 1. The van der Waals surface area contributed by atoms with Gasteiger partial charge in [-0.3, -0.25) is 9.59 Å². The van der Waals surface area contributed by atoms with Crippen LogP contribution >= 0.6 is 11.6 Å². The highest BCUT2D eigenvalue weighted by Crippen LogP contribution is 2.32. The lowest BCUT2D eigenvalue weighted by molar-refractivity contribution is -0.137. The van der Waals surface area contributed by atoms with E-state index in [1.807, 2.05) is 0 Å². The summed E-state index contributed by atoms with van der Waals surface area (Å²) in [5, 5.41) is 6.76. The smallest absolute Gasteiger partial charge is 0.342 e. The number of amides is 1. The maximum Gasteiger partial charge on any atom is 0.416 e. The number of nitrogens with one attached hydrogen (secondary N) is 1. The summed E-state index contributed by atoms with van der Waals surface area (Å²) in [4.78, 5) is 37.5. The first-order valence-electron chi connectivity index (χ1n) is 9.45. The number of hydrogen-bond acceptors (Lipinski definition) is 6. The van der Waals surface area contributed by atoms with Crippen molar-refractivity contribution in [3.63, 3.8) is 0 Å². The van der Waals surface area contributed by atoms with Crippen LogP contribution in [0.25, 0.3) is 16.7 Å². The van der Waals surface area contributed by atoms with Gasteiger partial charge >= 0.3 is 6.18 Å². The SMILES string of the molecule is C[C@H](NC(=O)c1cc(Cl)cc(C(F)(F)F)c1)c1ncnn1-c1cc2c(=O)n(C)cnc2cn1. The van der Waals surface area contributed by atoms with Crippen LogP contribution in [0.4, 0.5) is 13.2 Å². The standard InChI is InChI=1S/C20H15ClF3N7O2/c1-10(29-18(32)11-3-12(20(22,23)24)5-13(21)4-11)17-26-8-28-31(17)16-6-14-15(7-25-16)27-9-30(2)19(14)33/h3-10H,1-2H3,(H,29,32)/t10-/m0/s1. The van der Waals surface area contributed by atoms with Gasteiger partial charge in [0, 0.05) is 17.6 Å². The van der Waals surface area contributed by atoms with Gasteiger partial charge in [-0.2, -0.15) is 23.0 Å². The van der Waals surface area contributed by atoms with Crippen molar-refractivity contribution < 1.29 is 18.0 Å². The first-order chi connectivity index (χ1) is 15.5. The maximum absolute atomic E-state index is 13.1. The predicted octanol–water partition coefficient (Wildman–Crippen LogP) is 3.07. The van der Waals surface area contributed by atoms with Crippen LogP contribution in [0.15, 0.2) is 47.9 Å². The molecule has 9 nitrogen and oxygen atoms in total. The number of hydrogen-bond donors (Lipinski definition) is 1. The fourth-order valence-corrected chi connectivity index (χ4v) is 3.40. The number of alkyl halides is 3. The number of carbonyl (C=O) groups excluding carboxylic acids is 1. The van der Waals surface area contributed by atoms with Crippen molar-refractivity contribution in [1.29, 1.82) is 0 Å². The van der Waals surface area contributed by atoms with Gasteiger partial charge in [-0.05, 0) is 31.2 Å². The lowest BCUT2D eigenvalue weighted by Crippen LogP contribution is -2.29. The number of halogens is 4. The molecule has 3 heterocycles. The highest BCUT2D eigenvalue weighted by atomic mass is 35.5. The van der Waals surface area contributed by atoms with Crippen LogP contribution in [-0.4, -0.2) is 35.2 Å². The molecule has 0 unspecified atom stereocenters. The first-order valence-corrected chi connectivity index (χ1v) is 9.82. The monoisotopic (exact) mass is 477 g/mol. The Balaban J connectivity index is 1.64. The van der Waals surface area contributed by atoms with E-state index < -0.39 is 23.7 Å². The van der Waals surface area contributed by atoms with Crippen LogP contribution in [0.1, 0.15) is 34.7 Å². The molecule has 33 heavy (non-hydrogen) atoms. The number of aryl methyl sites for hydroxylation is 1. The zero-order chi connectivity index (χ0) is 23.9. The number of rotatable bonds is 4. The van der Waals surface area contributed by atoms with E-state index in [4.69, 9.17) is 11.6 Å². The van der Waals surface area contributed by atoms with Crippen molar-refractivity contribution in [3.8, 4) is 5.82 Å². The molecule has 0 aliphatic carbocycles. The van der Waals surface area contributed by atoms with Gasteiger partial charge in [-0.25, -0.2) is 15.0 Å². The second kappa shape index (κ2) is 8.28. The van der Waals surface area contributed by atoms with Crippen molar-refractivity contribution in [2.24, 2.45) is 7.05 Å². The van der Waals surface area contributed by atoms with Gasteiger partial charge in [0.2, 0.25) is 0 Å². The fourth-order valence-electron chi connectivity index (χ4n) is 3.17. The minimum absolute atomic E-state index is 0.221. The third kappa shape index (κ3) is 4.42. The summed E-state index contributed by atoms with van der Waals surface area (Å²) in [6.07, 6.45) is -0.637. The number of aromatic nitrogens is 6. The van der Waals surface area contributed by atoms with Crippen LogP contribution in [-0.2, 0) is 13.2 Å². The Labute approximate surface area is 188 Å². The zero-order valence-corrected chi connectivity index (χ0v) is 17.9. The molecule has 0 fully saturated rings. The van der Waals surface area contributed by atoms with Crippen molar-refractivity contribution in [2.75, 3.05) is 0 Å². The zero-order valence-electron chi connectivity index (χ0n) is 17.1. The number of nitrogens with zero attached hydrogens (tertiary/aromatic N) is 6. The van der Waals surface area contributed by atoms with E-state index in [1.165, 1.54) is 34.2 Å². The summed E-state index contributed by atoms with van der Waals surface area (Å²) in [5.74, 6) is -0.285. The normalized spacial score (nSPS) is 12.7. The Morgan fingerprint density at radius 3 is 2.64 bits per heavy atom. The Hall–Kier alpha value is -3.80. The van der Waals surface area contributed by atoms with E-state index in [0.717, 1.165) is 12.1 Å². The average molecular weight is 478 g/mol. The molecule has 0 aliphatic rings. The van der Waals surface area contributed by atoms with Crippen LogP contribution in [0, 0.1) is 0 Å². The fraction of sp³-hybridized carbons (Fsp3) is 0.200. The molecular formula is C20H15ClF3N7O2. The molecule has 1 aromatic carbocycles. The Bertz CT molecular complexity index is 1430. The third-order valence-corrected chi connectivity index (χ3v) is 5.02. The number of pyridine rings is 1. The highest BCUT2D eigenvalue weighted by molar-refractivity contribution is 6.31. The minimum atomic E-state index is -4.65. The molecule has 1 atom stereocenters. The molecule has 4 rings (SSSR count). The van der Waals surface area contributed by atoms with Crippen LogP contribution in [0.5, 0.6) is 0 Å². The average Bonchev–Trinajstić information content (AvgIpc) is 3.25. The topological polar surface area (TPSA) is 108 Å². The Kier molecular flexibility index (Phi) is 5.62. The predicted molar refractivity (Wildman–Crippen MR) is 112 cm³/mol. The summed E-state index contributed by atoms with van der Waals surface area (Å²) in [6.45, 7) is 1.58. The highest BCUT2D eigenvalue weighted by Gasteiger charge is 2.32. The van der Waals surface area contributed by atoms with Gasteiger partial charge in [-0.1, -0.05) is 11.6 Å². The van der Waals surface area contributed by atoms with Gasteiger partial charge in [-0.15, -0.1) is 0 Å². The van der Waals surface area contributed by atoms with Crippen LogP contribution in [0.3, 0.4) is 0 Å². The van der Waals surface area contributed by atoms with E-state index in [-0.39, 0.29) is 27.8 Å². The van der Waals surface area contributed by atoms with Crippen molar-refractivity contribution in [3.05, 3.63) is 75.4 Å². The molecule has 1 amide bonds. The molecule has 13 heteroatoms. The van der Waals surface area contributed by atoms with E-state index in [2.05, 4.69) is 25.4 Å². The van der Waals surface area contributed by atoms with Crippen LogP contribution < -0.4 is 10.9 Å². The molecule has 0 bridgehead atoms. The second-order valence-corrected chi connectivity index (χ2v) is 7.61. The van der Waals surface area contributed by atoms with Gasteiger partial charge in [0.15, 0.2) is 11.6 Å². The van der Waals surface area contributed by atoms with Gasteiger partial charge in [0.25, 0.3) is 11.5 Å². The van der Waals surface area contributed by atoms with Crippen molar-refractivity contribution >= 4 is 28.4 Å². The first kappa shape index (κ1) is 22.4.